The van der Waals surface area contributed by atoms with Crippen molar-refractivity contribution in [1.29, 1.82) is 0 Å². The highest BCUT2D eigenvalue weighted by atomic mass is 19.4. The van der Waals surface area contributed by atoms with E-state index < -0.39 is 11.7 Å². The lowest BCUT2D eigenvalue weighted by atomic mass is 9.60. The van der Waals surface area contributed by atoms with Crippen molar-refractivity contribution in [3.05, 3.63) is 47.5 Å². The summed E-state index contributed by atoms with van der Waals surface area (Å²) in [7, 11) is 0. The maximum Gasteiger partial charge on any atom is 0.416 e. The molecule has 0 bridgehead atoms. The summed E-state index contributed by atoms with van der Waals surface area (Å²) < 4.78 is 38.5. The van der Waals surface area contributed by atoms with E-state index in [-0.39, 0.29) is 0 Å². The molecule has 0 radical (unpaired) electrons. The molecule has 0 N–H and O–H groups in total. The number of alkyl halides is 3. The lowest BCUT2D eigenvalue weighted by Crippen LogP contribution is -2.34. The number of rotatable bonds is 5. The molecule has 0 spiro atoms. The van der Waals surface area contributed by atoms with Crippen LogP contribution in [0.1, 0.15) is 101 Å². The highest BCUT2D eigenvalue weighted by Gasteiger charge is 2.38. The zero-order valence-corrected chi connectivity index (χ0v) is 19.0. The molecule has 0 heterocycles. The first-order chi connectivity index (χ1) is 14.9. The summed E-state index contributed by atoms with van der Waals surface area (Å²) in [6.07, 6.45) is 16.4. The van der Waals surface area contributed by atoms with Gasteiger partial charge >= 0.3 is 6.18 Å². The molecular formula is C28H39F3. The summed E-state index contributed by atoms with van der Waals surface area (Å²) in [5.74, 6) is 5.08. The van der Waals surface area contributed by atoms with Gasteiger partial charge in [-0.15, -0.1) is 0 Å². The molecule has 4 rings (SSSR count). The standard InChI is InChI=1S/C28H39F3/c1-2-3-4-5-20-6-7-26-19-25(13-12-24(26)18-20)23-10-8-21(9-11-23)22-14-16-27(17-15-22)28(29,30)31/h2-3,14-17,20-21,23-26H,4-13,18-19H2,1H3/b3-2+. The Morgan fingerprint density at radius 1 is 0.774 bits per heavy atom. The number of benzene rings is 1. The third-order valence-corrected chi connectivity index (χ3v) is 8.89. The number of allylic oxidation sites excluding steroid dienone is 2. The Hall–Kier alpha value is -1.25. The van der Waals surface area contributed by atoms with Crippen molar-refractivity contribution in [2.45, 2.75) is 96.1 Å². The van der Waals surface area contributed by atoms with E-state index in [1.165, 1.54) is 76.3 Å². The van der Waals surface area contributed by atoms with Crippen molar-refractivity contribution in [1.82, 2.24) is 0 Å². The minimum Gasteiger partial charge on any atom is -0.166 e. The van der Waals surface area contributed by atoms with Crippen LogP contribution in [0.5, 0.6) is 0 Å². The van der Waals surface area contributed by atoms with Crippen molar-refractivity contribution < 1.29 is 13.2 Å². The molecule has 3 saturated carbocycles. The molecule has 3 heteroatoms. The van der Waals surface area contributed by atoms with Crippen molar-refractivity contribution in [3.8, 4) is 0 Å². The molecule has 4 unspecified atom stereocenters. The fraction of sp³-hybridized carbons (Fsp3) is 0.714. The van der Waals surface area contributed by atoms with E-state index in [1.54, 1.807) is 12.1 Å². The number of hydrogen-bond acceptors (Lipinski definition) is 0. The minimum atomic E-state index is -4.24. The average Bonchev–Trinajstić information content (AvgIpc) is 2.78. The van der Waals surface area contributed by atoms with Crippen molar-refractivity contribution in [2.75, 3.05) is 0 Å². The first-order valence-corrected chi connectivity index (χ1v) is 12.7. The molecule has 3 aliphatic rings. The molecular weight excluding hydrogens is 393 g/mol. The Kier molecular flexibility index (Phi) is 7.49. The zero-order valence-electron chi connectivity index (χ0n) is 19.0. The quantitative estimate of drug-likeness (QED) is 0.407. The Labute approximate surface area is 186 Å². The lowest BCUT2D eigenvalue weighted by Gasteiger charge is -2.45. The van der Waals surface area contributed by atoms with Crippen LogP contribution in [0, 0.1) is 29.6 Å². The van der Waals surface area contributed by atoms with E-state index in [0.29, 0.717) is 5.92 Å². The first-order valence-electron chi connectivity index (χ1n) is 12.7. The Morgan fingerprint density at radius 3 is 2.00 bits per heavy atom. The molecule has 0 aliphatic heterocycles. The van der Waals surface area contributed by atoms with E-state index in [2.05, 4.69) is 19.1 Å². The predicted octanol–water partition coefficient (Wildman–Crippen LogP) is 9.17. The van der Waals surface area contributed by atoms with E-state index in [0.717, 1.165) is 48.0 Å². The van der Waals surface area contributed by atoms with Gasteiger partial charge in [0, 0.05) is 0 Å². The van der Waals surface area contributed by atoms with Crippen LogP contribution in [0.3, 0.4) is 0 Å². The Morgan fingerprint density at radius 2 is 1.35 bits per heavy atom. The number of hydrogen-bond donors (Lipinski definition) is 0. The summed E-state index contributed by atoms with van der Waals surface area (Å²) in [5, 5.41) is 0. The molecule has 0 amide bonds. The fourth-order valence-electron chi connectivity index (χ4n) is 7.08. The molecule has 3 aliphatic carbocycles. The normalized spacial score (nSPS) is 34.6. The summed E-state index contributed by atoms with van der Waals surface area (Å²) in [4.78, 5) is 0. The maximum atomic E-state index is 12.8. The van der Waals surface area contributed by atoms with Crippen LogP contribution in [0.4, 0.5) is 13.2 Å². The van der Waals surface area contributed by atoms with Crippen molar-refractivity contribution in [2.24, 2.45) is 29.6 Å². The van der Waals surface area contributed by atoms with Crippen LogP contribution >= 0.6 is 0 Å². The van der Waals surface area contributed by atoms with E-state index in [1.807, 2.05) is 0 Å². The third kappa shape index (κ3) is 5.76. The van der Waals surface area contributed by atoms with Gasteiger partial charge in [0.25, 0.3) is 0 Å². The van der Waals surface area contributed by atoms with Crippen LogP contribution < -0.4 is 0 Å². The molecule has 0 saturated heterocycles. The minimum absolute atomic E-state index is 0.447. The molecule has 31 heavy (non-hydrogen) atoms. The van der Waals surface area contributed by atoms with Gasteiger partial charge in [0.05, 0.1) is 5.56 Å². The van der Waals surface area contributed by atoms with Gasteiger partial charge in [-0.25, -0.2) is 0 Å². The molecule has 0 nitrogen and oxygen atoms in total. The molecule has 4 atom stereocenters. The van der Waals surface area contributed by atoms with E-state index >= 15 is 0 Å². The number of halogens is 3. The van der Waals surface area contributed by atoms with Gasteiger partial charge in [0.1, 0.15) is 0 Å². The summed E-state index contributed by atoms with van der Waals surface area (Å²) in [5.41, 5.74) is 0.574. The maximum absolute atomic E-state index is 12.8. The monoisotopic (exact) mass is 432 g/mol. The van der Waals surface area contributed by atoms with Gasteiger partial charge in [-0.05, 0) is 131 Å². The first kappa shape index (κ1) is 22.9. The summed E-state index contributed by atoms with van der Waals surface area (Å²) in [6, 6.07) is 5.96. The predicted molar refractivity (Wildman–Crippen MR) is 122 cm³/mol. The van der Waals surface area contributed by atoms with Crippen molar-refractivity contribution in [3.63, 3.8) is 0 Å². The van der Waals surface area contributed by atoms with Gasteiger partial charge < -0.3 is 0 Å². The highest BCUT2D eigenvalue weighted by molar-refractivity contribution is 5.27. The lowest BCUT2D eigenvalue weighted by molar-refractivity contribution is -0.137. The molecule has 0 aromatic heterocycles. The van der Waals surface area contributed by atoms with Crippen LogP contribution in [0.25, 0.3) is 0 Å². The smallest absolute Gasteiger partial charge is 0.166 e. The van der Waals surface area contributed by atoms with Crippen LogP contribution in [0.15, 0.2) is 36.4 Å². The zero-order chi connectivity index (χ0) is 21.8. The van der Waals surface area contributed by atoms with E-state index in [9.17, 15) is 13.2 Å². The second-order valence-electron chi connectivity index (χ2n) is 10.7. The second kappa shape index (κ2) is 10.1. The number of fused-ring (bicyclic) bond motifs is 1. The molecule has 172 valence electrons. The topological polar surface area (TPSA) is 0 Å². The molecule has 3 fully saturated rings. The third-order valence-electron chi connectivity index (χ3n) is 8.89. The van der Waals surface area contributed by atoms with Crippen LogP contribution in [-0.4, -0.2) is 0 Å². The molecule has 1 aromatic carbocycles. The largest absolute Gasteiger partial charge is 0.416 e. The fourth-order valence-corrected chi connectivity index (χ4v) is 7.08. The second-order valence-corrected chi connectivity index (χ2v) is 10.7. The summed E-state index contributed by atoms with van der Waals surface area (Å²) >= 11 is 0. The van der Waals surface area contributed by atoms with Crippen LogP contribution in [0.2, 0.25) is 0 Å². The molecule has 1 aromatic rings. The Balaban J connectivity index is 1.24. The van der Waals surface area contributed by atoms with E-state index in [4.69, 9.17) is 0 Å². The van der Waals surface area contributed by atoms with Gasteiger partial charge in [0.15, 0.2) is 0 Å². The summed E-state index contributed by atoms with van der Waals surface area (Å²) in [6.45, 7) is 2.12. The highest BCUT2D eigenvalue weighted by Crippen LogP contribution is 2.50. The Bertz CT molecular complexity index is 709. The van der Waals surface area contributed by atoms with Gasteiger partial charge in [0.2, 0.25) is 0 Å². The van der Waals surface area contributed by atoms with Crippen molar-refractivity contribution >= 4 is 0 Å². The average molecular weight is 433 g/mol. The SMILES string of the molecule is C/C=C/CCC1CCC2CC(C3CCC(c4ccc(C(F)(F)F)cc4)CC3)CCC2C1. The van der Waals surface area contributed by atoms with Gasteiger partial charge in [-0.3, -0.25) is 0 Å². The van der Waals surface area contributed by atoms with Crippen LogP contribution in [-0.2, 0) is 6.18 Å². The van der Waals surface area contributed by atoms with Gasteiger partial charge in [-0.2, -0.15) is 13.2 Å². The van der Waals surface area contributed by atoms with Gasteiger partial charge in [-0.1, -0.05) is 30.7 Å².